The first-order valence-electron chi connectivity index (χ1n) is 15.9. The quantitative estimate of drug-likeness (QED) is 0.0558. The first kappa shape index (κ1) is 31.4. The van der Waals surface area contributed by atoms with Gasteiger partial charge in [-0.3, -0.25) is 4.98 Å². The summed E-state index contributed by atoms with van der Waals surface area (Å²) in [5, 5.41) is 2.47. The van der Waals surface area contributed by atoms with E-state index in [0.29, 0.717) is 12.2 Å². The Hall–Kier alpha value is -5.02. The highest BCUT2D eigenvalue weighted by Gasteiger charge is 2.04. The predicted octanol–water partition coefficient (Wildman–Crippen LogP) is 10.9. The van der Waals surface area contributed by atoms with Crippen LogP contribution in [0.15, 0.2) is 121 Å². The van der Waals surface area contributed by atoms with E-state index in [1.807, 2.05) is 30.5 Å². The minimum Gasteiger partial charge on any atom is -0.462 e. The third-order valence-corrected chi connectivity index (χ3v) is 7.93. The topological polar surface area (TPSA) is 39.2 Å². The maximum Gasteiger partial charge on any atom is 0.333 e. The number of rotatable bonds is 14. The average Bonchev–Trinajstić information content (AvgIpc) is 3.08. The molecule has 3 nitrogen and oxygen atoms in total. The molecule has 1 aromatic heterocycles. The van der Waals surface area contributed by atoms with Gasteiger partial charge in [0.1, 0.15) is 0 Å². The Morgan fingerprint density at radius 1 is 0.689 bits per heavy atom. The summed E-state index contributed by atoms with van der Waals surface area (Å²) in [6.45, 7) is 5.77. The van der Waals surface area contributed by atoms with Crippen molar-refractivity contribution in [2.24, 2.45) is 0 Å². The van der Waals surface area contributed by atoms with Gasteiger partial charge in [0, 0.05) is 17.3 Å². The number of esters is 1. The molecule has 1 heterocycles. The van der Waals surface area contributed by atoms with Gasteiger partial charge in [-0.2, -0.15) is 0 Å². The molecule has 4 aromatic carbocycles. The number of ether oxygens (including phenoxy) is 1. The molecule has 0 N–H and O–H groups in total. The van der Waals surface area contributed by atoms with Crippen molar-refractivity contribution in [3.05, 3.63) is 149 Å². The highest BCUT2D eigenvalue weighted by atomic mass is 16.5. The molecule has 3 heteroatoms. The number of unbranched alkanes of at least 4 members (excludes halogenated alkanes) is 4. The van der Waals surface area contributed by atoms with Gasteiger partial charge in [-0.05, 0) is 76.9 Å². The Labute approximate surface area is 267 Å². The Bertz CT molecular complexity index is 1780. The van der Waals surface area contributed by atoms with E-state index in [1.165, 1.54) is 45.9 Å². The van der Waals surface area contributed by atoms with Gasteiger partial charge in [-0.15, -0.1) is 0 Å². The minimum atomic E-state index is -0.289. The van der Waals surface area contributed by atoms with E-state index in [2.05, 4.69) is 115 Å². The Kier molecular flexibility index (Phi) is 11.3. The molecule has 5 aromatic rings. The van der Waals surface area contributed by atoms with E-state index in [1.54, 1.807) is 6.92 Å². The van der Waals surface area contributed by atoms with Crippen molar-refractivity contribution in [2.45, 2.75) is 45.4 Å². The summed E-state index contributed by atoms with van der Waals surface area (Å²) in [5.41, 5.74) is 8.64. The normalized spacial score (nSPS) is 11.4. The predicted molar refractivity (Wildman–Crippen MR) is 190 cm³/mol. The molecular weight excluding hydrogens is 550 g/mol. The van der Waals surface area contributed by atoms with Crippen molar-refractivity contribution in [3.8, 4) is 11.3 Å². The molecule has 226 valence electrons. The first-order chi connectivity index (χ1) is 22.1. The zero-order valence-electron chi connectivity index (χ0n) is 26.1. The van der Waals surface area contributed by atoms with E-state index in [-0.39, 0.29) is 5.97 Å². The molecule has 45 heavy (non-hydrogen) atoms. The molecule has 0 saturated carbocycles. The molecule has 0 aliphatic heterocycles. The Balaban J connectivity index is 1.16. The lowest BCUT2D eigenvalue weighted by molar-refractivity contribution is -0.139. The second kappa shape index (κ2) is 16.2. The van der Waals surface area contributed by atoms with Crippen LogP contribution in [0.2, 0.25) is 0 Å². The van der Waals surface area contributed by atoms with Gasteiger partial charge in [-0.1, -0.05) is 141 Å². The fourth-order valence-electron chi connectivity index (χ4n) is 5.37. The van der Waals surface area contributed by atoms with Crippen molar-refractivity contribution in [3.63, 3.8) is 0 Å². The van der Waals surface area contributed by atoms with E-state index < -0.39 is 0 Å². The summed E-state index contributed by atoms with van der Waals surface area (Å²) in [7, 11) is 0. The van der Waals surface area contributed by atoms with E-state index in [4.69, 9.17) is 4.74 Å². The largest absolute Gasteiger partial charge is 0.462 e. The van der Waals surface area contributed by atoms with Crippen molar-refractivity contribution in [1.29, 1.82) is 0 Å². The zero-order valence-corrected chi connectivity index (χ0v) is 26.1. The van der Waals surface area contributed by atoms with Gasteiger partial charge >= 0.3 is 5.97 Å². The summed E-state index contributed by atoms with van der Waals surface area (Å²) in [5.74, 6) is -0.289. The van der Waals surface area contributed by atoms with Gasteiger partial charge in [0.25, 0.3) is 0 Å². The summed E-state index contributed by atoms with van der Waals surface area (Å²) in [6, 6.07) is 36.4. The maximum absolute atomic E-state index is 11.4. The molecule has 0 saturated heterocycles. The number of benzene rings is 4. The fourth-order valence-corrected chi connectivity index (χ4v) is 5.37. The molecule has 5 rings (SSSR count). The number of carbonyl (C=O) groups is 1. The van der Waals surface area contributed by atoms with Crippen LogP contribution < -0.4 is 0 Å². The third kappa shape index (κ3) is 9.23. The highest BCUT2D eigenvalue weighted by Crippen LogP contribution is 2.27. The van der Waals surface area contributed by atoms with Gasteiger partial charge in [0.05, 0.1) is 12.3 Å². The average molecular weight is 592 g/mol. The van der Waals surface area contributed by atoms with Gasteiger partial charge in [0.15, 0.2) is 0 Å². The van der Waals surface area contributed by atoms with Crippen LogP contribution in [-0.2, 0) is 16.0 Å². The lowest BCUT2D eigenvalue weighted by atomic mass is 9.97. The number of nitrogens with zero attached hydrogens (tertiary/aromatic N) is 1. The SMILES string of the molecule is C=C(C)C(=O)OCCCCCCCc1ccc(/C=C/c2ccc(/C=C/c3ccnc(-c4ccccc4)c3)c3ccccc23)cc1. The number of hydrogen-bond acceptors (Lipinski definition) is 3. The van der Waals surface area contributed by atoms with Gasteiger partial charge in [0.2, 0.25) is 0 Å². The van der Waals surface area contributed by atoms with Crippen LogP contribution in [0.25, 0.3) is 46.3 Å². The van der Waals surface area contributed by atoms with Crippen LogP contribution in [-0.4, -0.2) is 17.6 Å². The first-order valence-corrected chi connectivity index (χ1v) is 15.9. The number of aryl methyl sites for hydroxylation is 1. The molecule has 0 bridgehead atoms. The summed E-state index contributed by atoms with van der Waals surface area (Å²) < 4.78 is 5.16. The Morgan fingerprint density at radius 3 is 2.00 bits per heavy atom. The maximum atomic E-state index is 11.4. The molecule has 0 aliphatic rings. The second-order valence-corrected chi connectivity index (χ2v) is 11.5. The van der Waals surface area contributed by atoms with Crippen LogP contribution in [0.4, 0.5) is 0 Å². The standard InChI is InChI=1S/C42H41NO2/c1-32(2)42(44)45-30-12-5-3-4-7-13-33-18-20-34(21-19-33)22-24-36-26-27-37(40-17-11-10-16-39(36)40)25-23-35-28-29-43-41(31-35)38-14-8-6-9-15-38/h6,8-11,14-29,31H,1,3-5,7,12-13,30H2,2H3/b24-22+,25-23+. The second-order valence-electron chi connectivity index (χ2n) is 11.5. The van der Waals surface area contributed by atoms with Crippen LogP contribution in [0, 0.1) is 0 Å². The van der Waals surface area contributed by atoms with Crippen molar-refractivity contribution < 1.29 is 9.53 Å². The number of aromatic nitrogens is 1. The van der Waals surface area contributed by atoms with Crippen LogP contribution in [0.1, 0.15) is 66.8 Å². The smallest absolute Gasteiger partial charge is 0.333 e. The molecule has 0 atom stereocenters. The lowest BCUT2D eigenvalue weighted by Gasteiger charge is -2.07. The molecular formula is C42H41NO2. The molecule has 0 amide bonds. The van der Waals surface area contributed by atoms with Crippen LogP contribution in [0.5, 0.6) is 0 Å². The van der Waals surface area contributed by atoms with E-state index in [9.17, 15) is 4.79 Å². The summed E-state index contributed by atoms with van der Waals surface area (Å²) in [6.07, 6.45) is 17.2. The number of fused-ring (bicyclic) bond motifs is 1. The number of pyridine rings is 1. The summed E-state index contributed by atoms with van der Waals surface area (Å²) >= 11 is 0. The monoisotopic (exact) mass is 591 g/mol. The molecule has 0 radical (unpaired) electrons. The molecule has 0 aliphatic carbocycles. The molecule has 0 unspecified atom stereocenters. The number of carbonyl (C=O) groups excluding carboxylic acids is 1. The van der Waals surface area contributed by atoms with Gasteiger partial charge < -0.3 is 4.74 Å². The Morgan fingerprint density at radius 2 is 1.31 bits per heavy atom. The van der Waals surface area contributed by atoms with Crippen molar-refractivity contribution >= 4 is 41.0 Å². The lowest BCUT2D eigenvalue weighted by Crippen LogP contribution is -2.05. The van der Waals surface area contributed by atoms with E-state index >= 15 is 0 Å². The molecule has 0 fully saturated rings. The minimum absolute atomic E-state index is 0.289. The highest BCUT2D eigenvalue weighted by molar-refractivity contribution is 5.99. The van der Waals surface area contributed by atoms with Crippen molar-refractivity contribution in [2.75, 3.05) is 6.61 Å². The van der Waals surface area contributed by atoms with Gasteiger partial charge in [-0.25, -0.2) is 4.79 Å². The van der Waals surface area contributed by atoms with Crippen LogP contribution in [0.3, 0.4) is 0 Å². The fraction of sp³-hybridized carbons (Fsp3) is 0.190. The van der Waals surface area contributed by atoms with E-state index in [0.717, 1.165) is 42.5 Å². The van der Waals surface area contributed by atoms with Crippen molar-refractivity contribution in [1.82, 2.24) is 4.98 Å². The third-order valence-electron chi connectivity index (χ3n) is 7.93. The number of hydrogen-bond donors (Lipinski definition) is 0. The zero-order chi connectivity index (χ0) is 31.3. The van der Waals surface area contributed by atoms with Crippen LogP contribution >= 0.6 is 0 Å². The summed E-state index contributed by atoms with van der Waals surface area (Å²) in [4.78, 5) is 16.0. The molecule has 0 spiro atoms.